The summed E-state index contributed by atoms with van der Waals surface area (Å²) >= 11 is 0. The molecule has 0 atom stereocenters. The molecule has 0 amide bonds. The van der Waals surface area contributed by atoms with Crippen LogP contribution in [0.3, 0.4) is 0 Å². The van der Waals surface area contributed by atoms with Crippen molar-refractivity contribution in [2.75, 3.05) is 0 Å². The Hall–Kier alpha value is -5.01. The molecule has 8 nitrogen and oxygen atoms in total. The van der Waals surface area contributed by atoms with E-state index in [-0.39, 0.29) is 25.0 Å². The third kappa shape index (κ3) is 9.60. The third-order valence-electron chi connectivity index (χ3n) is 5.36. The van der Waals surface area contributed by atoms with Gasteiger partial charge in [0, 0.05) is 42.7 Å². The summed E-state index contributed by atoms with van der Waals surface area (Å²) in [6.07, 6.45) is 10.2. The Morgan fingerprint density at radius 2 is 0.854 bits per heavy atom. The molecule has 0 radical (unpaired) electrons. The molecule has 0 aromatic carbocycles. The van der Waals surface area contributed by atoms with Gasteiger partial charge >= 0.3 is 19.5 Å². The fourth-order valence-electron chi connectivity index (χ4n) is 3.43. The molecule has 0 aliphatic rings. The predicted octanol–water partition coefficient (Wildman–Crippen LogP) is 5.10. The summed E-state index contributed by atoms with van der Waals surface area (Å²) in [6.45, 7) is 1.94. The molecule has 6 aromatic heterocycles. The van der Waals surface area contributed by atoms with E-state index in [1.807, 2.05) is 91.9 Å². The summed E-state index contributed by atoms with van der Waals surface area (Å²) in [5, 5.41) is 10.7. The fraction of sp³-hybridized carbons (Fsp3) is 0.0312. The average Bonchev–Trinajstić information content (AvgIpc) is 3.03. The Kier molecular flexibility index (Phi) is 12.0. The normalized spacial score (nSPS) is 9.59. The number of carboxylic acid groups (broad SMARTS) is 1. The van der Waals surface area contributed by atoms with Crippen LogP contribution >= 0.6 is 0 Å². The Morgan fingerprint density at radius 3 is 1.20 bits per heavy atom. The van der Waals surface area contributed by atoms with Gasteiger partial charge in [0.25, 0.3) is 0 Å². The van der Waals surface area contributed by atoms with Crippen molar-refractivity contribution in [1.82, 2.24) is 29.9 Å². The van der Waals surface area contributed by atoms with Crippen molar-refractivity contribution in [3.63, 3.8) is 0 Å². The van der Waals surface area contributed by atoms with Crippen LogP contribution in [0.4, 0.5) is 0 Å². The van der Waals surface area contributed by atoms with Gasteiger partial charge in [0.15, 0.2) is 0 Å². The summed E-state index contributed by atoms with van der Waals surface area (Å²) in [5.41, 5.74) is 6.00. The minimum Gasteiger partial charge on any atom is -0.545 e. The molecule has 0 spiro atoms. The number of carbonyl (C=O) groups excluding carboxylic acids is 1. The minimum absolute atomic E-state index is 0. The number of nitrogens with zero attached hydrogens (tertiary/aromatic N) is 6. The van der Waals surface area contributed by atoms with E-state index in [4.69, 9.17) is 0 Å². The predicted molar refractivity (Wildman–Crippen MR) is 151 cm³/mol. The molecule has 41 heavy (non-hydrogen) atoms. The number of carbonyl (C=O) groups is 1. The van der Waals surface area contributed by atoms with Crippen LogP contribution < -0.4 is 5.11 Å². The van der Waals surface area contributed by atoms with Crippen molar-refractivity contribution in [3.8, 4) is 34.2 Å². The zero-order chi connectivity index (χ0) is 28.0. The van der Waals surface area contributed by atoms with Crippen LogP contribution in [0.15, 0.2) is 134 Å². The number of aryl methyl sites for hydroxylation is 1. The molecule has 6 rings (SSSR count). The minimum atomic E-state index is -1.21. The number of rotatable bonds is 4. The summed E-state index contributed by atoms with van der Waals surface area (Å²) in [7, 11) is 0. The van der Waals surface area contributed by atoms with E-state index < -0.39 is 5.97 Å². The van der Waals surface area contributed by atoms with Gasteiger partial charge in [-0.2, -0.15) is 0 Å². The molecule has 202 valence electrons. The van der Waals surface area contributed by atoms with Gasteiger partial charge in [-0.05, 0) is 85.3 Å². The fourth-order valence-corrected chi connectivity index (χ4v) is 3.43. The van der Waals surface area contributed by atoms with Crippen molar-refractivity contribution >= 4 is 5.97 Å². The second kappa shape index (κ2) is 16.2. The molecule has 0 bridgehead atoms. The molecule has 0 fully saturated rings. The molecular formula is C32H25N6O2Ru+. The molecule has 0 N–H and O–H groups in total. The summed E-state index contributed by atoms with van der Waals surface area (Å²) < 4.78 is 0. The summed E-state index contributed by atoms with van der Waals surface area (Å²) in [5.74, 6) is -1.21. The van der Waals surface area contributed by atoms with Crippen LogP contribution in [0, 0.1) is 6.92 Å². The Morgan fingerprint density at radius 1 is 0.488 bits per heavy atom. The van der Waals surface area contributed by atoms with E-state index in [9.17, 15) is 9.90 Å². The second-order valence-corrected chi connectivity index (χ2v) is 8.30. The van der Waals surface area contributed by atoms with Crippen molar-refractivity contribution in [1.29, 1.82) is 0 Å². The molecule has 6 heterocycles. The molecule has 0 unspecified atom stereocenters. The van der Waals surface area contributed by atoms with Crippen LogP contribution in [-0.2, 0) is 19.5 Å². The van der Waals surface area contributed by atoms with Crippen molar-refractivity contribution in [2.45, 2.75) is 6.92 Å². The van der Waals surface area contributed by atoms with Gasteiger partial charge in [-0.15, -0.1) is 0 Å². The molecule has 6 aromatic rings. The maximum atomic E-state index is 10.7. The molecule has 0 aliphatic heterocycles. The van der Waals surface area contributed by atoms with Crippen molar-refractivity contribution in [2.24, 2.45) is 0 Å². The number of hydrogen-bond donors (Lipinski definition) is 0. The maximum Gasteiger partial charge on any atom is 2.00 e. The Balaban J connectivity index is 0.000000169. The van der Waals surface area contributed by atoms with Crippen LogP contribution in [0.5, 0.6) is 0 Å². The van der Waals surface area contributed by atoms with Crippen LogP contribution in [0.2, 0.25) is 0 Å². The van der Waals surface area contributed by atoms with E-state index in [2.05, 4.69) is 29.9 Å². The monoisotopic (exact) mass is 627 g/mol. The van der Waals surface area contributed by atoms with E-state index in [0.717, 1.165) is 28.3 Å². The van der Waals surface area contributed by atoms with E-state index in [0.29, 0.717) is 11.4 Å². The largest absolute Gasteiger partial charge is 2.00 e. The summed E-state index contributed by atoms with van der Waals surface area (Å²) in [4.78, 5) is 35.7. The molecule has 0 saturated carbocycles. The van der Waals surface area contributed by atoms with Crippen LogP contribution in [0.1, 0.15) is 15.9 Å². The molecular weight excluding hydrogens is 601 g/mol. The van der Waals surface area contributed by atoms with E-state index in [1.54, 1.807) is 31.0 Å². The van der Waals surface area contributed by atoms with Gasteiger partial charge in [-0.25, -0.2) is 0 Å². The molecule has 0 saturated heterocycles. The third-order valence-corrected chi connectivity index (χ3v) is 5.36. The van der Waals surface area contributed by atoms with Gasteiger partial charge in [-0.1, -0.05) is 24.3 Å². The second-order valence-electron chi connectivity index (χ2n) is 8.30. The first-order valence-electron chi connectivity index (χ1n) is 12.4. The van der Waals surface area contributed by atoms with E-state index in [1.165, 1.54) is 18.3 Å². The quantitative estimate of drug-likeness (QED) is 0.248. The standard InChI is InChI=1S/C12H10N2O2.2C10H8N2.Ru/c1-8-2-4-13-10(6-8)11-7-9(12(15)16)3-5-14-11;2*1-3-7-11-9(5-1)10-6-2-4-8-12-10;/h2-7H,1H3,(H,15,16);2*1-8H;/q;;;+2/p-1. The van der Waals surface area contributed by atoms with Gasteiger partial charge in [0.05, 0.1) is 40.1 Å². The first-order chi connectivity index (χ1) is 19.6. The smallest absolute Gasteiger partial charge is 0.545 e. The van der Waals surface area contributed by atoms with Gasteiger partial charge in [0.1, 0.15) is 0 Å². The zero-order valence-electron chi connectivity index (χ0n) is 22.1. The summed E-state index contributed by atoms with van der Waals surface area (Å²) in [6, 6.07) is 29.8. The van der Waals surface area contributed by atoms with Crippen LogP contribution in [-0.4, -0.2) is 35.9 Å². The zero-order valence-corrected chi connectivity index (χ0v) is 23.8. The van der Waals surface area contributed by atoms with Crippen molar-refractivity contribution in [3.05, 3.63) is 145 Å². The average molecular weight is 627 g/mol. The number of hydrogen-bond acceptors (Lipinski definition) is 8. The number of pyridine rings is 6. The topological polar surface area (TPSA) is 117 Å². The maximum absolute atomic E-state index is 10.7. The molecule has 9 heteroatoms. The van der Waals surface area contributed by atoms with Crippen LogP contribution in [0.25, 0.3) is 34.2 Å². The molecule has 0 aliphatic carbocycles. The SMILES string of the molecule is Cc1ccnc(-c2cc(C(=O)[O-])ccn2)c1.[Ru+2].c1ccc(-c2ccccn2)nc1.c1ccc(-c2ccccn2)nc1. The number of carboxylic acids is 1. The van der Waals surface area contributed by atoms with E-state index >= 15 is 0 Å². The van der Waals surface area contributed by atoms with Gasteiger partial charge < -0.3 is 9.90 Å². The number of aromatic nitrogens is 6. The first-order valence-corrected chi connectivity index (χ1v) is 12.4. The van der Waals surface area contributed by atoms with Gasteiger partial charge in [0.2, 0.25) is 0 Å². The number of aromatic carboxylic acids is 1. The van der Waals surface area contributed by atoms with Gasteiger partial charge in [-0.3, -0.25) is 29.9 Å². The van der Waals surface area contributed by atoms with Crippen molar-refractivity contribution < 1.29 is 29.4 Å². The first kappa shape index (κ1) is 30.5. The Bertz CT molecular complexity index is 1470. The Labute approximate surface area is 251 Å².